The average molecular weight is 343 g/mol. The molecule has 2 aliphatic rings. The third-order valence-corrected chi connectivity index (χ3v) is 5.44. The van der Waals surface area contributed by atoms with Crippen LogP contribution in [0.3, 0.4) is 0 Å². The van der Waals surface area contributed by atoms with Crippen molar-refractivity contribution in [2.45, 2.75) is 45.1 Å². The fourth-order valence-electron chi connectivity index (χ4n) is 3.78. The molecule has 0 radical (unpaired) electrons. The van der Waals surface area contributed by atoms with Gasteiger partial charge in [-0.15, -0.1) is 0 Å². The molecule has 5 nitrogen and oxygen atoms in total. The highest BCUT2D eigenvalue weighted by Crippen LogP contribution is 2.24. The lowest BCUT2D eigenvalue weighted by Crippen LogP contribution is -2.50. The Kier molecular flexibility index (Phi) is 5.30. The number of hydrogen-bond donors (Lipinski definition) is 1. The number of piperidine rings is 1. The van der Waals surface area contributed by atoms with E-state index < -0.39 is 0 Å². The first-order valence-electron chi connectivity index (χ1n) is 9.39. The number of carbonyl (C=O) groups excluding carboxylic acids is 2. The van der Waals surface area contributed by atoms with E-state index in [-0.39, 0.29) is 23.4 Å². The van der Waals surface area contributed by atoms with Crippen molar-refractivity contribution >= 4 is 11.9 Å². The van der Waals surface area contributed by atoms with Gasteiger partial charge >= 0.3 is 6.03 Å². The Morgan fingerprint density at radius 3 is 2.12 bits per heavy atom. The van der Waals surface area contributed by atoms with E-state index in [1.54, 1.807) is 0 Å². The van der Waals surface area contributed by atoms with Crippen molar-refractivity contribution in [2.75, 3.05) is 26.2 Å². The van der Waals surface area contributed by atoms with Crippen LogP contribution in [0.25, 0.3) is 0 Å². The zero-order chi connectivity index (χ0) is 17.9. The Hall–Kier alpha value is -2.04. The first-order chi connectivity index (χ1) is 12.0. The Balaban J connectivity index is 1.52. The van der Waals surface area contributed by atoms with Crippen molar-refractivity contribution in [2.24, 2.45) is 5.92 Å². The van der Waals surface area contributed by atoms with Crippen LogP contribution in [-0.2, 0) is 10.3 Å². The van der Waals surface area contributed by atoms with Crippen molar-refractivity contribution in [3.05, 3.63) is 35.9 Å². The van der Waals surface area contributed by atoms with Crippen molar-refractivity contribution in [3.63, 3.8) is 0 Å². The molecular weight excluding hydrogens is 314 g/mol. The first kappa shape index (κ1) is 17.8. The summed E-state index contributed by atoms with van der Waals surface area (Å²) in [7, 11) is 0. The summed E-state index contributed by atoms with van der Waals surface area (Å²) in [6.07, 6.45) is 3.71. The van der Waals surface area contributed by atoms with Crippen molar-refractivity contribution in [1.82, 2.24) is 15.1 Å². The molecule has 0 saturated carbocycles. The normalized spacial score (nSPS) is 19.1. The number of likely N-dealkylation sites (tertiary alicyclic amines) is 2. The van der Waals surface area contributed by atoms with Crippen LogP contribution in [0.2, 0.25) is 0 Å². The van der Waals surface area contributed by atoms with Gasteiger partial charge in [0.15, 0.2) is 0 Å². The number of nitrogens with zero attached hydrogens (tertiary/aromatic N) is 2. The van der Waals surface area contributed by atoms with Crippen LogP contribution >= 0.6 is 0 Å². The summed E-state index contributed by atoms with van der Waals surface area (Å²) in [5.41, 5.74) is 0.714. The standard InChI is InChI=1S/C20H29N3O2/c1-20(2,17-8-4-3-5-9-17)21-18(24)16-10-14-23(15-11-16)19(25)22-12-6-7-13-22/h3-5,8-9,16H,6-7,10-15H2,1-2H3,(H,21,24). The highest BCUT2D eigenvalue weighted by Gasteiger charge is 2.32. The maximum Gasteiger partial charge on any atom is 0.319 e. The summed E-state index contributed by atoms with van der Waals surface area (Å²) in [5, 5.41) is 3.19. The van der Waals surface area contributed by atoms with Gasteiger partial charge in [0, 0.05) is 32.1 Å². The highest BCUT2D eigenvalue weighted by molar-refractivity contribution is 5.80. The first-order valence-corrected chi connectivity index (χ1v) is 9.39. The number of amides is 3. The number of carbonyl (C=O) groups is 2. The fourth-order valence-corrected chi connectivity index (χ4v) is 3.78. The number of rotatable bonds is 3. The van der Waals surface area contributed by atoms with Gasteiger partial charge in [0.05, 0.1) is 5.54 Å². The van der Waals surface area contributed by atoms with E-state index in [0.717, 1.165) is 44.3 Å². The van der Waals surface area contributed by atoms with Crippen LogP contribution in [0, 0.1) is 5.92 Å². The van der Waals surface area contributed by atoms with Gasteiger partial charge in [0.2, 0.25) is 5.91 Å². The van der Waals surface area contributed by atoms with Crippen LogP contribution in [0.5, 0.6) is 0 Å². The van der Waals surface area contributed by atoms with E-state index in [2.05, 4.69) is 5.32 Å². The topological polar surface area (TPSA) is 52.7 Å². The maximum atomic E-state index is 12.7. The molecule has 1 aromatic carbocycles. The lowest BCUT2D eigenvalue weighted by atomic mass is 9.91. The van der Waals surface area contributed by atoms with Gasteiger partial charge in [-0.1, -0.05) is 30.3 Å². The lowest BCUT2D eigenvalue weighted by molar-refractivity contribution is -0.128. The predicted octanol–water partition coefficient (Wildman–Crippen LogP) is 2.97. The summed E-state index contributed by atoms with van der Waals surface area (Å²) in [5.74, 6) is 0.0905. The van der Waals surface area contributed by atoms with E-state index >= 15 is 0 Å². The number of hydrogen-bond acceptors (Lipinski definition) is 2. The molecule has 1 aromatic rings. The number of benzene rings is 1. The van der Waals surface area contributed by atoms with Crippen LogP contribution in [0.1, 0.15) is 45.1 Å². The van der Waals surface area contributed by atoms with E-state index in [4.69, 9.17) is 0 Å². The molecule has 0 atom stereocenters. The summed E-state index contributed by atoms with van der Waals surface area (Å²) >= 11 is 0. The van der Waals surface area contributed by atoms with Crippen molar-refractivity contribution < 1.29 is 9.59 Å². The molecule has 0 unspecified atom stereocenters. The molecule has 0 spiro atoms. The molecular formula is C20H29N3O2. The highest BCUT2D eigenvalue weighted by atomic mass is 16.2. The van der Waals surface area contributed by atoms with Crippen molar-refractivity contribution in [1.29, 1.82) is 0 Å². The fraction of sp³-hybridized carbons (Fsp3) is 0.600. The van der Waals surface area contributed by atoms with Crippen LogP contribution < -0.4 is 5.32 Å². The van der Waals surface area contributed by atoms with E-state index in [0.29, 0.717) is 13.1 Å². The molecule has 5 heteroatoms. The minimum Gasteiger partial charge on any atom is -0.347 e. The molecule has 3 rings (SSSR count). The summed E-state index contributed by atoms with van der Waals surface area (Å²) < 4.78 is 0. The SMILES string of the molecule is CC(C)(NC(=O)C1CCN(C(=O)N2CCCC2)CC1)c1ccccc1. The van der Waals surface area contributed by atoms with Crippen LogP contribution in [0.4, 0.5) is 4.79 Å². The Morgan fingerprint density at radius 1 is 0.960 bits per heavy atom. The molecule has 3 amide bonds. The lowest BCUT2D eigenvalue weighted by Gasteiger charge is -2.35. The van der Waals surface area contributed by atoms with Gasteiger partial charge in [0.1, 0.15) is 0 Å². The monoisotopic (exact) mass is 343 g/mol. The smallest absolute Gasteiger partial charge is 0.319 e. The minimum absolute atomic E-state index is 0.00869. The quantitative estimate of drug-likeness (QED) is 0.917. The second-order valence-electron chi connectivity index (χ2n) is 7.72. The Bertz CT molecular complexity index is 601. The molecule has 2 saturated heterocycles. The molecule has 0 bridgehead atoms. The van der Waals surface area contributed by atoms with E-state index in [1.165, 1.54) is 0 Å². The molecule has 2 aliphatic heterocycles. The van der Waals surface area contributed by atoms with Crippen LogP contribution in [0.15, 0.2) is 30.3 Å². The van der Waals surface area contributed by atoms with Gasteiger partial charge in [-0.25, -0.2) is 4.79 Å². The third kappa shape index (κ3) is 4.14. The van der Waals surface area contributed by atoms with Gasteiger partial charge in [-0.05, 0) is 45.1 Å². The molecule has 2 heterocycles. The second kappa shape index (κ2) is 7.46. The molecule has 25 heavy (non-hydrogen) atoms. The van der Waals surface area contributed by atoms with Gasteiger partial charge in [-0.2, -0.15) is 0 Å². The molecule has 0 aliphatic carbocycles. The van der Waals surface area contributed by atoms with E-state index in [1.807, 2.05) is 54.0 Å². The molecule has 1 N–H and O–H groups in total. The molecule has 136 valence electrons. The third-order valence-electron chi connectivity index (χ3n) is 5.44. The maximum absolute atomic E-state index is 12.7. The van der Waals surface area contributed by atoms with E-state index in [9.17, 15) is 9.59 Å². The van der Waals surface area contributed by atoms with Crippen molar-refractivity contribution in [3.8, 4) is 0 Å². The molecule has 2 fully saturated rings. The average Bonchev–Trinajstić information content (AvgIpc) is 3.16. The second-order valence-corrected chi connectivity index (χ2v) is 7.72. The zero-order valence-corrected chi connectivity index (χ0v) is 15.3. The predicted molar refractivity (Wildman–Crippen MR) is 98.1 cm³/mol. The van der Waals surface area contributed by atoms with Crippen LogP contribution in [-0.4, -0.2) is 47.9 Å². The Labute approximate surface area is 150 Å². The summed E-state index contributed by atoms with van der Waals surface area (Å²) in [6.45, 7) is 7.19. The largest absolute Gasteiger partial charge is 0.347 e. The summed E-state index contributed by atoms with van der Waals surface area (Å²) in [4.78, 5) is 29.0. The Morgan fingerprint density at radius 2 is 1.52 bits per heavy atom. The minimum atomic E-state index is -0.388. The van der Waals surface area contributed by atoms with Gasteiger partial charge < -0.3 is 15.1 Å². The summed E-state index contributed by atoms with van der Waals surface area (Å²) in [6, 6.07) is 10.2. The zero-order valence-electron chi connectivity index (χ0n) is 15.3. The number of nitrogens with one attached hydrogen (secondary N) is 1. The number of urea groups is 1. The van der Waals surface area contributed by atoms with Gasteiger partial charge in [0.25, 0.3) is 0 Å². The van der Waals surface area contributed by atoms with Gasteiger partial charge in [-0.3, -0.25) is 4.79 Å². The molecule has 0 aromatic heterocycles.